The molecule has 0 aliphatic rings. The first-order chi connectivity index (χ1) is 6.09. The zero-order valence-corrected chi connectivity index (χ0v) is 8.08. The molecule has 0 saturated carbocycles. The van der Waals surface area contributed by atoms with Gasteiger partial charge in [0, 0.05) is 5.02 Å². The standard InChI is InChI=1S/C9H12ClNO2/c1-6-4-7(10)2-3-8(6)13-5-9(11)12/h2-4,9,12H,5,11H2,1H3. The number of aliphatic hydroxyl groups is 1. The molecule has 0 saturated heterocycles. The fourth-order valence-electron chi connectivity index (χ4n) is 0.950. The number of aliphatic hydroxyl groups excluding tert-OH is 1. The molecule has 3 nitrogen and oxygen atoms in total. The summed E-state index contributed by atoms with van der Waals surface area (Å²) in [5, 5.41) is 9.45. The van der Waals surface area contributed by atoms with Crippen molar-refractivity contribution in [2.75, 3.05) is 6.61 Å². The van der Waals surface area contributed by atoms with Crippen molar-refractivity contribution in [1.29, 1.82) is 0 Å². The Morgan fingerprint density at radius 1 is 1.62 bits per heavy atom. The fraction of sp³-hybridized carbons (Fsp3) is 0.333. The number of halogens is 1. The van der Waals surface area contributed by atoms with Crippen LogP contribution in [-0.4, -0.2) is 17.9 Å². The van der Waals surface area contributed by atoms with Gasteiger partial charge in [0.05, 0.1) is 0 Å². The van der Waals surface area contributed by atoms with Crippen molar-refractivity contribution < 1.29 is 9.84 Å². The summed E-state index contributed by atoms with van der Waals surface area (Å²) < 4.78 is 5.22. The summed E-state index contributed by atoms with van der Waals surface area (Å²) in [5.74, 6) is 0.689. The van der Waals surface area contributed by atoms with Crippen molar-refractivity contribution in [3.8, 4) is 5.75 Å². The Balaban J connectivity index is 2.67. The van der Waals surface area contributed by atoms with E-state index in [0.717, 1.165) is 5.56 Å². The molecular formula is C9H12ClNO2. The van der Waals surface area contributed by atoms with Gasteiger partial charge in [-0.3, -0.25) is 0 Å². The van der Waals surface area contributed by atoms with Crippen molar-refractivity contribution in [3.63, 3.8) is 0 Å². The van der Waals surface area contributed by atoms with Crippen molar-refractivity contribution in [1.82, 2.24) is 0 Å². The van der Waals surface area contributed by atoms with E-state index in [9.17, 15) is 0 Å². The van der Waals surface area contributed by atoms with Crippen LogP contribution >= 0.6 is 11.6 Å². The molecule has 0 radical (unpaired) electrons. The maximum atomic E-state index is 8.79. The number of hydrogen-bond acceptors (Lipinski definition) is 3. The molecule has 0 bridgehead atoms. The Hall–Kier alpha value is -0.770. The smallest absolute Gasteiger partial charge is 0.136 e. The minimum atomic E-state index is -0.949. The molecule has 1 unspecified atom stereocenters. The quantitative estimate of drug-likeness (QED) is 0.725. The molecule has 72 valence electrons. The zero-order chi connectivity index (χ0) is 9.84. The minimum absolute atomic E-state index is 0.0858. The number of rotatable bonds is 3. The molecule has 1 atom stereocenters. The van der Waals surface area contributed by atoms with Gasteiger partial charge in [-0.05, 0) is 30.7 Å². The average Bonchev–Trinajstić information content (AvgIpc) is 2.02. The topological polar surface area (TPSA) is 55.5 Å². The number of hydrogen-bond donors (Lipinski definition) is 2. The van der Waals surface area contributed by atoms with E-state index in [1.54, 1.807) is 18.2 Å². The lowest BCUT2D eigenvalue weighted by molar-refractivity contribution is 0.112. The van der Waals surface area contributed by atoms with E-state index in [-0.39, 0.29) is 6.61 Å². The van der Waals surface area contributed by atoms with Crippen molar-refractivity contribution >= 4 is 11.6 Å². The number of ether oxygens (including phenoxy) is 1. The molecular weight excluding hydrogens is 190 g/mol. The van der Waals surface area contributed by atoms with Gasteiger partial charge < -0.3 is 15.6 Å². The number of aryl methyl sites for hydroxylation is 1. The molecule has 0 spiro atoms. The molecule has 4 heteroatoms. The summed E-state index contributed by atoms with van der Waals surface area (Å²) in [5.41, 5.74) is 6.05. The molecule has 1 aromatic carbocycles. The van der Waals surface area contributed by atoms with Crippen LogP contribution in [0.2, 0.25) is 5.02 Å². The second-order valence-corrected chi connectivity index (χ2v) is 3.22. The van der Waals surface area contributed by atoms with Gasteiger partial charge >= 0.3 is 0 Å². The van der Waals surface area contributed by atoms with Crippen molar-refractivity contribution in [3.05, 3.63) is 28.8 Å². The Morgan fingerprint density at radius 3 is 2.85 bits per heavy atom. The van der Waals surface area contributed by atoms with Gasteiger partial charge in [0.25, 0.3) is 0 Å². The predicted octanol–water partition coefficient (Wildman–Crippen LogP) is 1.30. The van der Waals surface area contributed by atoms with Crippen LogP contribution in [0.15, 0.2) is 18.2 Å². The molecule has 1 rings (SSSR count). The Labute approximate surface area is 82.1 Å². The molecule has 0 amide bonds. The summed E-state index contributed by atoms with van der Waals surface area (Å²) in [6, 6.07) is 5.27. The maximum Gasteiger partial charge on any atom is 0.136 e. The second kappa shape index (κ2) is 4.46. The third kappa shape index (κ3) is 3.22. The van der Waals surface area contributed by atoms with Gasteiger partial charge in [0.1, 0.15) is 18.6 Å². The van der Waals surface area contributed by atoms with Crippen LogP contribution in [-0.2, 0) is 0 Å². The highest BCUT2D eigenvalue weighted by Crippen LogP contribution is 2.21. The average molecular weight is 202 g/mol. The van der Waals surface area contributed by atoms with Gasteiger partial charge in [-0.25, -0.2) is 0 Å². The van der Waals surface area contributed by atoms with Gasteiger partial charge in [-0.15, -0.1) is 0 Å². The lowest BCUT2D eigenvalue weighted by Crippen LogP contribution is -2.26. The first-order valence-electron chi connectivity index (χ1n) is 3.92. The SMILES string of the molecule is Cc1cc(Cl)ccc1OCC(N)O. The highest BCUT2D eigenvalue weighted by atomic mass is 35.5. The van der Waals surface area contributed by atoms with Crippen molar-refractivity contribution in [2.24, 2.45) is 5.73 Å². The van der Waals surface area contributed by atoms with Crippen LogP contribution in [0.3, 0.4) is 0 Å². The van der Waals surface area contributed by atoms with E-state index in [1.807, 2.05) is 6.92 Å². The van der Waals surface area contributed by atoms with Gasteiger partial charge in [-0.2, -0.15) is 0 Å². The van der Waals surface area contributed by atoms with Gasteiger partial charge in [0.15, 0.2) is 0 Å². The second-order valence-electron chi connectivity index (χ2n) is 2.79. The molecule has 3 N–H and O–H groups in total. The highest BCUT2D eigenvalue weighted by Gasteiger charge is 2.01. The summed E-state index contributed by atoms with van der Waals surface area (Å²) in [6.07, 6.45) is -0.949. The van der Waals surface area contributed by atoms with E-state index in [4.69, 9.17) is 27.2 Å². The molecule has 0 aliphatic heterocycles. The van der Waals surface area contributed by atoms with Gasteiger partial charge in [0.2, 0.25) is 0 Å². The van der Waals surface area contributed by atoms with Crippen LogP contribution in [0.1, 0.15) is 5.56 Å². The largest absolute Gasteiger partial charge is 0.489 e. The molecule has 1 aromatic rings. The van der Waals surface area contributed by atoms with Crippen molar-refractivity contribution in [2.45, 2.75) is 13.2 Å². The van der Waals surface area contributed by atoms with E-state index >= 15 is 0 Å². The van der Waals surface area contributed by atoms with Crippen LogP contribution in [0.5, 0.6) is 5.75 Å². The van der Waals surface area contributed by atoms with Crippen LogP contribution in [0.25, 0.3) is 0 Å². The van der Waals surface area contributed by atoms with Gasteiger partial charge in [-0.1, -0.05) is 11.6 Å². The summed E-state index contributed by atoms with van der Waals surface area (Å²) in [6.45, 7) is 1.96. The molecule has 0 aromatic heterocycles. The lowest BCUT2D eigenvalue weighted by atomic mass is 10.2. The highest BCUT2D eigenvalue weighted by molar-refractivity contribution is 6.30. The molecule has 0 heterocycles. The summed E-state index contributed by atoms with van der Waals surface area (Å²) in [4.78, 5) is 0. The molecule has 13 heavy (non-hydrogen) atoms. The fourth-order valence-corrected chi connectivity index (χ4v) is 1.18. The molecule has 0 fully saturated rings. The third-order valence-electron chi connectivity index (χ3n) is 1.55. The number of nitrogens with two attached hydrogens (primary N) is 1. The van der Waals surface area contributed by atoms with E-state index < -0.39 is 6.23 Å². The zero-order valence-electron chi connectivity index (χ0n) is 7.33. The van der Waals surface area contributed by atoms with E-state index in [2.05, 4.69) is 0 Å². The van der Waals surface area contributed by atoms with Crippen LogP contribution < -0.4 is 10.5 Å². The minimum Gasteiger partial charge on any atom is -0.489 e. The monoisotopic (exact) mass is 201 g/mol. The maximum absolute atomic E-state index is 8.79. The Bertz CT molecular complexity index is 289. The summed E-state index contributed by atoms with van der Waals surface area (Å²) >= 11 is 5.75. The van der Waals surface area contributed by atoms with Crippen LogP contribution in [0, 0.1) is 6.92 Å². The third-order valence-corrected chi connectivity index (χ3v) is 1.78. The van der Waals surface area contributed by atoms with E-state index in [1.165, 1.54) is 0 Å². The predicted molar refractivity (Wildman–Crippen MR) is 51.9 cm³/mol. The van der Waals surface area contributed by atoms with Crippen LogP contribution in [0.4, 0.5) is 0 Å². The summed E-state index contributed by atoms with van der Waals surface area (Å²) in [7, 11) is 0. The first kappa shape index (κ1) is 10.3. The Kier molecular flexibility index (Phi) is 3.54. The first-order valence-corrected chi connectivity index (χ1v) is 4.30. The lowest BCUT2D eigenvalue weighted by Gasteiger charge is -2.10. The molecule has 0 aliphatic carbocycles. The normalized spacial score (nSPS) is 12.6. The Morgan fingerprint density at radius 2 is 2.31 bits per heavy atom. The number of benzene rings is 1. The van der Waals surface area contributed by atoms with E-state index in [0.29, 0.717) is 10.8 Å².